The van der Waals surface area contributed by atoms with Gasteiger partial charge in [0.25, 0.3) is 0 Å². The van der Waals surface area contributed by atoms with Gasteiger partial charge in [0.2, 0.25) is 0 Å². The van der Waals surface area contributed by atoms with E-state index in [9.17, 15) is 0 Å². The van der Waals surface area contributed by atoms with Crippen LogP contribution in [0.25, 0.3) is 0 Å². The molecule has 0 radical (unpaired) electrons. The fourth-order valence-corrected chi connectivity index (χ4v) is 1.98. The van der Waals surface area contributed by atoms with E-state index in [2.05, 4.69) is 25.7 Å². The van der Waals surface area contributed by atoms with E-state index in [-0.39, 0.29) is 0 Å². The molecule has 1 heterocycles. The molecule has 2 rings (SSSR count). The third kappa shape index (κ3) is 1.20. The maximum atomic E-state index is 2.58. The zero-order chi connectivity index (χ0) is 8.06. The Morgan fingerprint density at radius 1 is 1.27 bits per heavy atom. The molecule has 0 atom stereocenters. The van der Waals surface area contributed by atoms with E-state index in [1.807, 2.05) is 0 Å². The highest BCUT2D eigenvalue weighted by atomic mass is 15.2. The van der Waals surface area contributed by atoms with Gasteiger partial charge in [0, 0.05) is 19.1 Å². The van der Waals surface area contributed by atoms with E-state index in [1.54, 1.807) is 0 Å². The Balaban J connectivity index is 1.80. The van der Waals surface area contributed by atoms with E-state index in [0.717, 1.165) is 17.4 Å². The molecule has 0 amide bonds. The largest absolute Gasteiger partial charge is 0.300 e. The van der Waals surface area contributed by atoms with Crippen molar-refractivity contribution < 1.29 is 0 Å². The molecule has 0 N–H and O–H groups in total. The zero-order valence-electron chi connectivity index (χ0n) is 7.93. The summed E-state index contributed by atoms with van der Waals surface area (Å²) >= 11 is 0. The van der Waals surface area contributed by atoms with Gasteiger partial charge in [0.15, 0.2) is 0 Å². The first-order chi connectivity index (χ1) is 5.12. The lowest BCUT2D eigenvalue weighted by Crippen LogP contribution is -2.53. The summed E-state index contributed by atoms with van der Waals surface area (Å²) in [5, 5.41) is 0. The summed E-state index contributed by atoms with van der Waals surface area (Å²) in [5.74, 6) is 1.03. The lowest BCUT2D eigenvalue weighted by molar-refractivity contribution is 0.0274. The van der Waals surface area contributed by atoms with Crippen molar-refractivity contribution in [3.05, 3.63) is 0 Å². The lowest BCUT2D eigenvalue weighted by atomic mass is 9.83. The van der Waals surface area contributed by atoms with Gasteiger partial charge in [-0.05, 0) is 38.0 Å². The van der Waals surface area contributed by atoms with Crippen molar-refractivity contribution in [1.82, 2.24) is 4.90 Å². The molecule has 1 heteroatoms. The molecule has 0 bridgehead atoms. The van der Waals surface area contributed by atoms with Crippen LogP contribution in [0.4, 0.5) is 0 Å². The van der Waals surface area contributed by atoms with Crippen molar-refractivity contribution in [1.29, 1.82) is 0 Å². The molecule has 1 aliphatic heterocycles. The number of likely N-dealkylation sites (tertiary alicyclic amines) is 1. The second-order valence-corrected chi connectivity index (χ2v) is 4.90. The molecule has 0 spiro atoms. The van der Waals surface area contributed by atoms with Crippen LogP contribution in [-0.4, -0.2) is 24.0 Å². The topological polar surface area (TPSA) is 3.24 Å². The molecular formula is C10H19N. The van der Waals surface area contributed by atoms with Gasteiger partial charge in [-0.3, -0.25) is 0 Å². The fraction of sp³-hybridized carbons (Fsp3) is 1.00. The summed E-state index contributed by atoms with van der Waals surface area (Å²) in [5.41, 5.74) is 0.769. The van der Waals surface area contributed by atoms with Crippen LogP contribution in [0.3, 0.4) is 0 Å². The Bertz CT molecular complexity index is 152. The zero-order valence-corrected chi connectivity index (χ0v) is 7.93. The first-order valence-electron chi connectivity index (χ1n) is 4.86. The molecule has 2 fully saturated rings. The third-order valence-corrected chi connectivity index (χ3v) is 3.66. The summed E-state index contributed by atoms with van der Waals surface area (Å²) in [4.78, 5) is 2.58. The van der Waals surface area contributed by atoms with Crippen LogP contribution in [0.1, 0.15) is 33.6 Å². The Morgan fingerprint density at radius 3 is 2.18 bits per heavy atom. The van der Waals surface area contributed by atoms with Crippen LogP contribution in [0.2, 0.25) is 0 Å². The number of nitrogens with zero attached hydrogens (tertiary/aromatic N) is 1. The van der Waals surface area contributed by atoms with Gasteiger partial charge in [-0.15, -0.1) is 0 Å². The SMILES string of the molecule is CC(C)N1CC(C2(C)CC2)C1. The quantitative estimate of drug-likeness (QED) is 0.587. The summed E-state index contributed by atoms with van der Waals surface area (Å²) in [7, 11) is 0. The van der Waals surface area contributed by atoms with Crippen LogP contribution < -0.4 is 0 Å². The van der Waals surface area contributed by atoms with Crippen molar-refractivity contribution in [3.63, 3.8) is 0 Å². The Labute approximate surface area is 69.8 Å². The van der Waals surface area contributed by atoms with Gasteiger partial charge in [0.1, 0.15) is 0 Å². The molecule has 64 valence electrons. The van der Waals surface area contributed by atoms with E-state index in [0.29, 0.717) is 0 Å². The van der Waals surface area contributed by atoms with E-state index < -0.39 is 0 Å². The van der Waals surface area contributed by atoms with Gasteiger partial charge in [-0.25, -0.2) is 0 Å². The highest BCUT2D eigenvalue weighted by molar-refractivity contribution is 5.01. The van der Waals surface area contributed by atoms with Crippen LogP contribution >= 0.6 is 0 Å². The molecule has 1 aliphatic carbocycles. The van der Waals surface area contributed by atoms with Crippen molar-refractivity contribution in [2.75, 3.05) is 13.1 Å². The predicted octanol–water partition coefficient (Wildman–Crippen LogP) is 2.13. The Morgan fingerprint density at radius 2 is 1.82 bits per heavy atom. The molecule has 1 nitrogen and oxygen atoms in total. The van der Waals surface area contributed by atoms with Gasteiger partial charge < -0.3 is 4.90 Å². The smallest absolute Gasteiger partial charge is 0.00388 e. The Kier molecular flexibility index (Phi) is 1.54. The fourth-order valence-electron chi connectivity index (χ4n) is 1.98. The second kappa shape index (κ2) is 2.22. The van der Waals surface area contributed by atoms with Crippen LogP contribution in [0, 0.1) is 11.3 Å². The van der Waals surface area contributed by atoms with E-state index in [1.165, 1.54) is 25.9 Å². The molecule has 1 saturated carbocycles. The van der Waals surface area contributed by atoms with E-state index >= 15 is 0 Å². The first-order valence-corrected chi connectivity index (χ1v) is 4.86. The summed E-state index contributed by atoms with van der Waals surface area (Å²) < 4.78 is 0. The summed E-state index contributed by atoms with van der Waals surface area (Å²) in [6.07, 6.45) is 2.98. The maximum absolute atomic E-state index is 2.58. The lowest BCUT2D eigenvalue weighted by Gasteiger charge is -2.45. The molecule has 1 saturated heterocycles. The average molecular weight is 153 g/mol. The molecule has 0 aromatic carbocycles. The van der Waals surface area contributed by atoms with Crippen LogP contribution in [0.15, 0.2) is 0 Å². The van der Waals surface area contributed by atoms with E-state index in [4.69, 9.17) is 0 Å². The van der Waals surface area contributed by atoms with Crippen molar-refractivity contribution in [2.45, 2.75) is 39.7 Å². The van der Waals surface area contributed by atoms with Crippen LogP contribution in [-0.2, 0) is 0 Å². The Hall–Kier alpha value is -0.0400. The van der Waals surface area contributed by atoms with Gasteiger partial charge in [-0.1, -0.05) is 6.92 Å². The number of hydrogen-bond donors (Lipinski definition) is 0. The van der Waals surface area contributed by atoms with Gasteiger partial charge in [0.05, 0.1) is 0 Å². The highest BCUT2D eigenvalue weighted by Crippen LogP contribution is 2.54. The summed E-state index contributed by atoms with van der Waals surface area (Å²) in [6, 6.07) is 0.772. The second-order valence-electron chi connectivity index (χ2n) is 4.90. The van der Waals surface area contributed by atoms with Crippen molar-refractivity contribution >= 4 is 0 Å². The maximum Gasteiger partial charge on any atom is 0.00388 e. The van der Waals surface area contributed by atoms with Crippen molar-refractivity contribution in [3.8, 4) is 0 Å². The molecular weight excluding hydrogens is 134 g/mol. The predicted molar refractivity (Wildman–Crippen MR) is 47.5 cm³/mol. The molecule has 11 heavy (non-hydrogen) atoms. The minimum absolute atomic E-state index is 0.769. The minimum atomic E-state index is 0.769. The molecule has 2 aliphatic rings. The minimum Gasteiger partial charge on any atom is -0.300 e. The molecule has 0 unspecified atom stereocenters. The first kappa shape index (κ1) is 7.60. The standard InChI is InChI=1S/C10H19N/c1-8(2)11-6-9(7-11)10(3)4-5-10/h8-9H,4-7H2,1-3H3. The normalized spacial score (nSPS) is 30.5. The van der Waals surface area contributed by atoms with Gasteiger partial charge >= 0.3 is 0 Å². The van der Waals surface area contributed by atoms with Gasteiger partial charge in [-0.2, -0.15) is 0 Å². The monoisotopic (exact) mass is 153 g/mol. The van der Waals surface area contributed by atoms with Crippen molar-refractivity contribution in [2.24, 2.45) is 11.3 Å². The molecule has 0 aromatic heterocycles. The number of hydrogen-bond acceptors (Lipinski definition) is 1. The summed E-state index contributed by atoms with van der Waals surface area (Å²) in [6.45, 7) is 9.79. The van der Waals surface area contributed by atoms with Crippen LogP contribution in [0.5, 0.6) is 0 Å². The average Bonchev–Trinajstić information content (AvgIpc) is 2.42. The highest BCUT2D eigenvalue weighted by Gasteiger charge is 2.49. The third-order valence-electron chi connectivity index (χ3n) is 3.66. The molecule has 0 aromatic rings. The number of rotatable bonds is 2.